The summed E-state index contributed by atoms with van der Waals surface area (Å²) in [6, 6.07) is 19.2. The SMILES string of the molecule is COc1ccc2cc1OCCn1nc(-c3ccccc3)nc1[C@@H](C(C)C)NC(=O)CN(C(=O)c1ccn3nccc3c1)CCNC2=O. The molecule has 1 atom stereocenters. The molecule has 47 heavy (non-hydrogen) atoms. The van der Waals surface area contributed by atoms with Gasteiger partial charge in [-0.05, 0) is 42.3 Å². The second-order valence-electron chi connectivity index (χ2n) is 11.5. The summed E-state index contributed by atoms with van der Waals surface area (Å²) in [6.07, 6.45) is 3.34. The number of nitrogens with zero attached hydrogens (tertiary/aromatic N) is 6. The Hall–Kier alpha value is -5.72. The highest BCUT2D eigenvalue weighted by atomic mass is 16.5. The largest absolute Gasteiger partial charge is 0.493 e. The summed E-state index contributed by atoms with van der Waals surface area (Å²) < 4.78 is 15.0. The number of rotatable bonds is 4. The smallest absolute Gasteiger partial charge is 0.254 e. The third-order valence-corrected chi connectivity index (χ3v) is 7.92. The lowest BCUT2D eigenvalue weighted by Crippen LogP contribution is -2.46. The molecular weight excluding hydrogens is 600 g/mol. The number of methoxy groups -OCH3 is 1. The molecule has 1 aliphatic rings. The Morgan fingerprint density at radius 3 is 2.64 bits per heavy atom. The van der Waals surface area contributed by atoms with Crippen LogP contribution in [0, 0.1) is 5.92 Å². The van der Waals surface area contributed by atoms with Gasteiger partial charge in [-0.25, -0.2) is 14.2 Å². The molecule has 3 aromatic heterocycles. The van der Waals surface area contributed by atoms with Gasteiger partial charge < -0.3 is 25.0 Å². The zero-order valence-electron chi connectivity index (χ0n) is 26.4. The molecule has 6 rings (SSSR count). The van der Waals surface area contributed by atoms with Gasteiger partial charge in [-0.15, -0.1) is 0 Å². The first-order valence-electron chi connectivity index (χ1n) is 15.4. The molecule has 0 saturated carbocycles. The van der Waals surface area contributed by atoms with Gasteiger partial charge in [0.1, 0.15) is 6.61 Å². The average Bonchev–Trinajstić information content (AvgIpc) is 3.73. The summed E-state index contributed by atoms with van der Waals surface area (Å²) in [5.41, 5.74) is 2.33. The van der Waals surface area contributed by atoms with Crippen molar-refractivity contribution in [3.8, 4) is 22.9 Å². The van der Waals surface area contributed by atoms with Gasteiger partial charge in [0, 0.05) is 42.2 Å². The molecule has 13 nitrogen and oxygen atoms in total. The molecule has 0 radical (unpaired) electrons. The van der Waals surface area contributed by atoms with Gasteiger partial charge in [-0.3, -0.25) is 14.4 Å². The Labute approximate surface area is 271 Å². The minimum absolute atomic E-state index is 0.0713. The number of benzene rings is 2. The lowest BCUT2D eigenvalue weighted by Gasteiger charge is -2.26. The summed E-state index contributed by atoms with van der Waals surface area (Å²) in [7, 11) is 1.53. The van der Waals surface area contributed by atoms with Crippen molar-refractivity contribution < 1.29 is 23.9 Å². The van der Waals surface area contributed by atoms with E-state index in [9.17, 15) is 14.4 Å². The van der Waals surface area contributed by atoms with Gasteiger partial charge in [0.25, 0.3) is 11.8 Å². The zero-order valence-corrected chi connectivity index (χ0v) is 26.4. The second-order valence-corrected chi connectivity index (χ2v) is 11.5. The van der Waals surface area contributed by atoms with Crippen molar-refractivity contribution in [3.63, 3.8) is 0 Å². The van der Waals surface area contributed by atoms with Gasteiger partial charge in [-0.2, -0.15) is 10.2 Å². The summed E-state index contributed by atoms with van der Waals surface area (Å²) >= 11 is 0. The maximum absolute atomic E-state index is 13.8. The van der Waals surface area contributed by atoms with Crippen LogP contribution in [0.2, 0.25) is 0 Å². The van der Waals surface area contributed by atoms with E-state index in [0.717, 1.165) is 11.1 Å². The highest BCUT2D eigenvalue weighted by Gasteiger charge is 2.28. The van der Waals surface area contributed by atoms with Crippen molar-refractivity contribution >= 4 is 23.2 Å². The summed E-state index contributed by atoms with van der Waals surface area (Å²) in [5.74, 6) is 0.786. The van der Waals surface area contributed by atoms with E-state index in [-0.39, 0.29) is 49.9 Å². The molecule has 2 N–H and O–H groups in total. The molecule has 0 aliphatic carbocycles. The lowest BCUT2D eigenvalue weighted by molar-refractivity contribution is -0.123. The van der Waals surface area contributed by atoms with Crippen molar-refractivity contribution in [3.05, 3.63) is 96.1 Å². The highest BCUT2D eigenvalue weighted by Crippen LogP contribution is 2.29. The fourth-order valence-electron chi connectivity index (χ4n) is 5.45. The molecule has 2 aromatic carbocycles. The van der Waals surface area contributed by atoms with Gasteiger partial charge in [-0.1, -0.05) is 44.2 Å². The van der Waals surface area contributed by atoms with Crippen molar-refractivity contribution in [1.29, 1.82) is 0 Å². The van der Waals surface area contributed by atoms with Crippen LogP contribution in [0.3, 0.4) is 0 Å². The van der Waals surface area contributed by atoms with E-state index >= 15 is 0 Å². The molecule has 13 heteroatoms. The molecule has 4 heterocycles. The standard InChI is InChI=1S/C34H36N8O5/c1-22(2)30-32-38-31(23-7-5-4-6-8-23)39-42(32)17-18-47-28-20-24(9-10-27(28)46-3)33(44)35-14-16-40(21-29(43)37-30)34(45)25-12-15-41-26(19-25)11-13-36-41/h4-13,15,19-20,22,30H,14,16-18,21H2,1-3H3,(H,35,44)(H,37,43)/t30-/m1/s1. The molecule has 0 unspecified atom stereocenters. The molecule has 242 valence electrons. The predicted molar refractivity (Wildman–Crippen MR) is 173 cm³/mol. The zero-order chi connectivity index (χ0) is 32.9. The van der Waals surface area contributed by atoms with Gasteiger partial charge in [0.05, 0.1) is 31.8 Å². The van der Waals surface area contributed by atoms with E-state index in [1.807, 2.05) is 44.2 Å². The molecule has 0 saturated heterocycles. The van der Waals surface area contributed by atoms with E-state index in [0.29, 0.717) is 40.8 Å². The van der Waals surface area contributed by atoms with Crippen LogP contribution in [0.4, 0.5) is 0 Å². The van der Waals surface area contributed by atoms with Crippen LogP contribution in [-0.4, -0.2) is 80.4 Å². The van der Waals surface area contributed by atoms with Crippen LogP contribution in [0.15, 0.2) is 79.1 Å². The minimum Gasteiger partial charge on any atom is -0.493 e. The van der Waals surface area contributed by atoms with E-state index in [4.69, 9.17) is 19.6 Å². The normalized spacial score (nSPS) is 16.2. The monoisotopic (exact) mass is 636 g/mol. The fourth-order valence-corrected chi connectivity index (χ4v) is 5.45. The third kappa shape index (κ3) is 6.93. The molecule has 0 spiro atoms. The Bertz CT molecular complexity index is 1900. The molecule has 0 fully saturated rings. The lowest BCUT2D eigenvalue weighted by atomic mass is 10.0. The van der Waals surface area contributed by atoms with Crippen LogP contribution in [0.5, 0.6) is 11.5 Å². The van der Waals surface area contributed by atoms with Crippen LogP contribution in [0.25, 0.3) is 16.9 Å². The number of carbonyl (C=O) groups excluding carboxylic acids is 3. The quantitative estimate of drug-likeness (QED) is 0.306. The Morgan fingerprint density at radius 1 is 1.02 bits per heavy atom. The van der Waals surface area contributed by atoms with Crippen LogP contribution >= 0.6 is 0 Å². The summed E-state index contributed by atoms with van der Waals surface area (Å²) in [4.78, 5) is 47.0. The molecule has 3 amide bonds. The molecule has 2 bridgehead atoms. The van der Waals surface area contributed by atoms with E-state index in [2.05, 4.69) is 15.7 Å². The number of carbonyl (C=O) groups is 3. The highest BCUT2D eigenvalue weighted by molar-refractivity contribution is 5.98. The van der Waals surface area contributed by atoms with E-state index < -0.39 is 6.04 Å². The van der Waals surface area contributed by atoms with Crippen LogP contribution in [0.1, 0.15) is 46.4 Å². The molecular formula is C34H36N8O5. The third-order valence-electron chi connectivity index (χ3n) is 7.92. The molecule has 5 aromatic rings. The van der Waals surface area contributed by atoms with Crippen LogP contribution in [-0.2, 0) is 11.3 Å². The first-order valence-corrected chi connectivity index (χ1v) is 15.4. The number of fused-ring (bicyclic) bond motifs is 4. The average molecular weight is 637 g/mol. The van der Waals surface area contributed by atoms with Gasteiger partial charge >= 0.3 is 0 Å². The Balaban J connectivity index is 1.37. The van der Waals surface area contributed by atoms with Crippen molar-refractivity contribution in [2.75, 3.05) is 33.4 Å². The van der Waals surface area contributed by atoms with Gasteiger partial charge in [0.15, 0.2) is 23.1 Å². The first kappa shape index (κ1) is 31.3. The number of ether oxygens (including phenoxy) is 2. The number of amides is 3. The molecule has 1 aliphatic heterocycles. The van der Waals surface area contributed by atoms with Gasteiger partial charge in [0.2, 0.25) is 5.91 Å². The van der Waals surface area contributed by atoms with Crippen molar-refractivity contribution in [2.45, 2.75) is 26.4 Å². The predicted octanol–water partition coefficient (Wildman–Crippen LogP) is 3.38. The topological polar surface area (TPSA) is 145 Å². The van der Waals surface area contributed by atoms with Crippen molar-refractivity contribution in [2.24, 2.45) is 5.92 Å². The number of nitrogens with one attached hydrogen (secondary N) is 2. The first-order chi connectivity index (χ1) is 22.8. The fraction of sp³-hybridized carbons (Fsp3) is 0.294. The number of hydrogen-bond acceptors (Lipinski definition) is 8. The van der Waals surface area contributed by atoms with E-state index in [1.54, 1.807) is 58.0 Å². The Morgan fingerprint density at radius 2 is 1.85 bits per heavy atom. The summed E-state index contributed by atoms with van der Waals surface area (Å²) in [5, 5.41) is 15.0. The van der Waals surface area contributed by atoms with Crippen molar-refractivity contribution in [1.82, 2.24) is 39.9 Å². The number of hydrogen-bond donors (Lipinski definition) is 2. The van der Waals surface area contributed by atoms with E-state index in [1.165, 1.54) is 12.0 Å². The maximum atomic E-state index is 13.8. The number of aromatic nitrogens is 5. The van der Waals surface area contributed by atoms with Crippen LogP contribution < -0.4 is 20.1 Å². The maximum Gasteiger partial charge on any atom is 0.254 e. The second kappa shape index (κ2) is 13.7. The number of pyridine rings is 1. The summed E-state index contributed by atoms with van der Waals surface area (Å²) in [6.45, 7) is 4.42. The Kier molecular flexibility index (Phi) is 9.13. The minimum atomic E-state index is -0.527.